The Hall–Kier alpha value is -4.29. The quantitative estimate of drug-likeness (QED) is 0.218. The largest absolute Gasteiger partial charge is 0.354 e. The zero-order chi connectivity index (χ0) is 27.9. The summed E-state index contributed by atoms with van der Waals surface area (Å²) < 4.78 is 15.4. The molecule has 9 nitrogen and oxygen atoms in total. The first kappa shape index (κ1) is 27.3. The lowest BCUT2D eigenvalue weighted by Crippen LogP contribution is -2.37. The van der Waals surface area contributed by atoms with Crippen molar-refractivity contribution in [1.82, 2.24) is 30.0 Å². The van der Waals surface area contributed by atoms with Crippen LogP contribution in [0.3, 0.4) is 0 Å². The molecule has 40 heavy (non-hydrogen) atoms. The Morgan fingerprint density at radius 2 is 1.82 bits per heavy atom. The van der Waals surface area contributed by atoms with Gasteiger partial charge in [0.2, 0.25) is 5.91 Å². The van der Waals surface area contributed by atoms with E-state index in [1.807, 2.05) is 34.9 Å². The van der Waals surface area contributed by atoms with E-state index in [4.69, 9.17) is 0 Å². The van der Waals surface area contributed by atoms with Crippen molar-refractivity contribution in [2.45, 2.75) is 11.7 Å². The molecule has 3 heterocycles. The van der Waals surface area contributed by atoms with Crippen LogP contribution in [-0.4, -0.2) is 60.5 Å². The van der Waals surface area contributed by atoms with E-state index in [-0.39, 0.29) is 35.8 Å². The van der Waals surface area contributed by atoms with Gasteiger partial charge in [-0.2, -0.15) is 0 Å². The van der Waals surface area contributed by atoms with Gasteiger partial charge in [-0.3, -0.25) is 28.8 Å². The zero-order valence-electron chi connectivity index (χ0n) is 21.1. The van der Waals surface area contributed by atoms with Crippen LogP contribution in [-0.2, 0) is 16.1 Å². The Morgan fingerprint density at radius 3 is 2.58 bits per heavy atom. The Bertz CT molecular complexity index is 1550. The molecule has 202 valence electrons. The van der Waals surface area contributed by atoms with Crippen LogP contribution in [0.15, 0.2) is 89.2 Å². The fourth-order valence-electron chi connectivity index (χ4n) is 3.91. The second kappa shape index (κ2) is 12.7. The van der Waals surface area contributed by atoms with Gasteiger partial charge in [0.25, 0.3) is 11.1 Å². The lowest BCUT2D eigenvalue weighted by atomic mass is 10.2. The normalized spacial score (nSPS) is 14.2. The van der Waals surface area contributed by atoms with Gasteiger partial charge in [-0.15, -0.1) is 10.2 Å². The zero-order valence-corrected chi connectivity index (χ0v) is 22.7. The van der Waals surface area contributed by atoms with Crippen molar-refractivity contribution < 1.29 is 18.8 Å². The van der Waals surface area contributed by atoms with Crippen LogP contribution in [0.5, 0.6) is 0 Å². The van der Waals surface area contributed by atoms with Gasteiger partial charge in [0.05, 0.1) is 17.2 Å². The Morgan fingerprint density at radius 1 is 1.02 bits per heavy atom. The highest BCUT2D eigenvalue weighted by Gasteiger charge is 2.34. The number of carbonyl (C=O) groups is 3. The van der Waals surface area contributed by atoms with Crippen molar-refractivity contribution in [2.75, 3.05) is 18.8 Å². The summed E-state index contributed by atoms with van der Waals surface area (Å²) in [6.45, 7) is 0.649. The molecule has 0 aliphatic carbocycles. The van der Waals surface area contributed by atoms with Crippen LogP contribution < -0.4 is 5.32 Å². The van der Waals surface area contributed by atoms with E-state index in [2.05, 4.69) is 20.5 Å². The van der Waals surface area contributed by atoms with E-state index in [0.717, 1.165) is 27.8 Å². The van der Waals surface area contributed by atoms with Crippen molar-refractivity contribution in [3.8, 4) is 11.4 Å². The second-order valence-corrected chi connectivity index (χ2v) is 10.6. The van der Waals surface area contributed by atoms with Crippen molar-refractivity contribution >= 4 is 46.7 Å². The number of benzene rings is 2. The molecule has 0 unspecified atom stereocenters. The maximum atomic E-state index is 13.5. The molecule has 12 heteroatoms. The number of carbonyl (C=O) groups excluding carboxylic acids is 3. The number of pyridine rings is 1. The average molecular weight is 575 g/mol. The van der Waals surface area contributed by atoms with Crippen molar-refractivity contribution in [2.24, 2.45) is 0 Å². The maximum Gasteiger partial charge on any atom is 0.293 e. The fraction of sp³-hybridized carbons (Fsp3) is 0.143. The number of rotatable bonds is 10. The first-order valence-electron chi connectivity index (χ1n) is 12.3. The van der Waals surface area contributed by atoms with Gasteiger partial charge in [0.15, 0.2) is 11.0 Å². The molecular formula is C28H23FN6O3S2. The highest BCUT2D eigenvalue weighted by molar-refractivity contribution is 8.18. The minimum atomic E-state index is -0.398. The summed E-state index contributed by atoms with van der Waals surface area (Å²) in [5.41, 5.74) is 2.45. The van der Waals surface area contributed by atoms with Crippen LogP contribution in [0.25, 0.3) is 17.5 Å². The van der Waals surface area contributed by atoms with Crippen LogP contribution in [0.2, 0.25) is 0 Å². The molecule has 1 fully saturated rings. The number of imide groups is 1. The average Bonchev–Trinajstić information content (AvgIpc) is 3.48. The van der Waals surface area contributed by atoms with Crippen molar-refractivity contribution in [3.05, 3.63) is 101 Å². The predicted molar refractivity (Wildman–Crippen MR) is 152 cm³/mol. The number of thioether (sulfide) groups is 2. The summed E-state index contributed by atoms with van der Waals surface area (Å²) in [7, 11) is 0. The molecule has 0 radical (unpaired) electrons. The standard InChI is InChI=1S/C28H23FN6O3S2/c29-22-10-8-21(9-11-22)25-32-33-27(35(25)17-19-5-2-1-3-6-19)39-18-24(36)31-13-14-34-26(37)23(40-28(34)38)15-20-7-4-12-30-16-20/h1-12,15-16H,13-14,17-18H2,(H,31,36). The van der Waals surface area contributed by atoms with Crippen molar-refractivity contribution in [3.63, 3.8) is 0 Å². The number of nitrogens with one attached hydrogen (secondary N) is 1. The van der Waals surface area contributed by atoms with E-state index >= 15 is 0 Å². The number of hydrogen-bond donors (Lipinski definition) is 1. The molecule has 3 amide bonds. The van der Waals surface area contributed by atoms with Crippen LogP contribution in [0.1, 0.15) is 11.1 Å². The van der Waals surface area contributed by atoms with E-state index < -0.39 is 5.91 Å². The highest BCUT2D eigenvalue weighted by Crippen LogP contribution is 2.31. The van der Waals surface area contributed by atoms with Gasteiger partial charge in [0.1, 0.15) is 5.82 Å². The summed E-state index contributed by atoms with van der Waals surface area (Å²) in [5, 5.41) is 11.5. The summed E-state index contributed by atoms with van der Waals surface area (Å²) in [5.74, 6) is -0.407. The van der Waals surface area contributed by atoms with Crippen LogP contribution >= 0.6 is 23.5 Å². The molecule has 1 N–H and O–H groups in total. The van der Waals surface area contributed by atoms with Gasteiger partial charge >= 0.3 is 0 Å². The van der Waals surface area contributed by atoms with Crippen LogP contribution in [0, 0.1) is 5.82 Å². The number of hydrogen-bond acceptors (Lipinski definition) is 8. The van der Waals surface area contributed by atoms with Crippen LogP contribution in [0.4, 0.5) is 9.18 Å². The number of halogens is 1. The molecule has 4 aromatic rings. The van der Waals surface area contributed by atoms with Gasteiger partial charge in [-0.05, 0) is 59.3 Å². The van der Waals surface area contributed by atoms with Gasteiger partial charge in [0, 0.05) is 31.0 Å². The monoisotopic (exact) mass is 574 g/mol. The number of aromatic nitrogens is 4. The first-order valence-corrected chi connectivity index (χ1v) is 14.1. The van der Waals surface area contributed by atoms with E-state index in [9.17, 15) is 18.8 Å². The molecular weight excluding hydrogens is 551 g/mol. The third-order valence-electron chi connectivity index (χ3n) is 5.85. The Balaban J connectivity index is 1.19. The lowest BCUT2D eigenvalue weighted by Gasteiger charge is -2.13. The molecule has 5 rings (SSSR count). The topological polar surface area (TPSA) is 110 Å². The molecule has 2 aromatic heterocycles. The molecule has 1 aliphatic heterocycles. The molecule has 2 aromatic carbocycles. The summed E-state index contributed by atoms with van der Waals surface area (Å²) >= 11 is 2.08. The second-order valence-electron chi connectivity index (χ2n) is 8.64. The third-order valence-corrected chi connectivity index (χ3v) is 7.72. The Labute approximate surface area is 237 Å². The molecule has 0 saturated carbocycles. The predicted octanol–water partition coefficient (Wildman–Crippen LogP) is 4.47. The third kappa shape index (κ3) is 6.64. The highest BCUT2D eigenvalue weighted by atomic mass is 32.2. The number of amides is 3. The minimum absolute atomic E-state index is 0.0547. The SMILES string of the molecule is O=C(CSc1nnc(-c2ccc(F)cc2)n1Cc1ccccc1)NCCN1C(=O)SC(=Cc2cccnc2)C1=O. The minimum Gasteiger partial charge on any atom is -0.354 e. The van der Waals surface area contributed by atoms with Gasteiger partial charge in [-0.25, -0.2) is 4.39 Å². The van der Waals surface area contributed by atoms with Gasteiger partial charge < -0.3 is 5.32 Å². The molecule has 0 spiro atoms. The van der Waals surface area contributed by atoms with E-state index in [1.165, 1.54) is 23.9 Å². The Kier molecular flexibility index (Phi) is 8.67. The summed E-state index contributed by atoms with van der Waals surface area (Å²) in [4.78, 5) is 43.1. The smallest absolute Gasteiger partial charge is 0.293 e. The first-order chi connectivity index (χ1) is 19.5. The number of nitrogens with zero attached hydrogens (tertiary/aromatic N) is 5. The molecule has 0 atom stereocenters. The molecule has 1 saturated heterocycles. The van der Waals surface area contributed by atoms with Crippen molar-refractivity contribution in [1.29, 1.82) is 0 Å². The van der Waals surface area contributed by atoms with E-state index in [1.54, 1.807) is 42.7 Å². The fourth-order valence-corrected chi connectivity index (χ4v) is 5.54. The summed E-state index contributed by atoms with van der Waals surface area (Å²) in [6, 6.07) is 19.3. The van der Waals surface area contributed by atoms with Gasteiger partial charge in [-0.1, -0.05) is 48.2 Å². The maximum absolute atomic E-state index is 13.5. The summed E-state index contributed by atoms with van der Waals surface area (Å²) in [6.07, 6.45) is 4.86. The molecule has 0 bridgehead atoms. The lowest BCUT2D eigenvalue weighted by molar-refractivity contribution is -0.123. The molecule has 1 aliphatic rings. The van der Waals surface area contributed by atoms with E-state index in [0.29, 0.717) is 28.0 Å².